The van der Waals surface area contributed by atoms with Crippen molar-refractivity contribution in [1.29, 1.82) is 0 Å². The molecule has 0 amide bonds. The minimum Gasteiger partial charge on any atom is -0.246 e. The van der Waals surface area contributed by atoms with E-state index in [2.05, 4.69) is 12.1 Å². The molecule has 1 aromatic carbocycles. The molecule has 0 aliphatic heterocycles. The van der Waals surface area contributed by atoms with E-state index in [0.717, 1.165) is 22.8 Å². The van der Waals surface area contributed by atoms with Crippen molar-refractivity contribution in [3.8, 4) is 0 Å². The normalized spacial score (nSPS) is 14.3. The number of nitrogens with zero attached hydrogens (tertiary/aromatic N) is 1. The van der Waals surface area contributed by atoms with Crippen molar-refractivity contribution in [2.24, 2.45) is 0 Å². The van der Waals surface area contributed by atoms with Crippen LogP contribution in [0.25, 0.3) is 0 Å². The molecule has 0 radical (unpaired) electrons. The quantitative estimate of drug-likeness (QED) is 0.799. The van der Waals surface area contributed by atoms with Gasteiger partial charge in [-0.1, -0.05) is 17.8 Å². The third-order valence-corrected chi connectivity index (χ3v) is 4.13. The summed E-state index contributed by atoms with van der Waals surface area (Å²) in [5.41, 5.74) is 2.64. The van der Waals surface area contributed by atoms with E-state index < -0.39 is 0 Å². The highest BCUT2D eigenvalue weighted by Crippen LogP contribution is 2.28. The molecule has 2 aromatic rings. The molecule has 0 bridgehead atoms. The van der Waals surface area contributed by atoms with Crippen molar-refractivity contribution in [1.82, 2.24) is 4.98 Å². The highest BCUT2D eigenvalue weighted by Gasteiger charge is 2.11. The average Bonchev–Trinajstić information content (AvgIpc) is 2.41. The van der Waals surface area contributed by atoms with Crippen molar-refractivity contribution < 1.29 is 4.39 Å². The number of aromatic nitrogens is 1. The Kier molecular flexibility index (Phi) is 3.33. The molecule has 1 aromatic heterocycles. The second-order valence-electron chi connectivity index (χ2n) is 4.52. The maximum Gasteiger partial charge on any atom is 0.123 e. The van der Waals surface area contributed by atoms with E-state index in [4.69, 9.17) is 4.98 Å². The first-order valence-corrected chi connectivity index (χ1v) is 7.05. The number of pyridine rings is 1. The minimum atomic E-state index is -0.197. The van der Waals surface area contributed by atoms with Crippen molar-refractivity contribution in [3.63, 3.8) is 0 Å². The second-order valence-corrected chi connectivity index (χ2v) is 5.61. The zero-order valence-electron chi connectivity index (χ0n) is 10.0. The van der Waals surface area contributed by atoms with Crippen LogP contribution in [0.15, 0.2) is 46.3 Å². The second kappa shape index (κ2) is 5.11. The van der Waals surface area contributed by atoms with Crippen LogP contribution in [0.2, 0.25) is 0 Å². The fourth-order valence-electron chi connectivity index (χ4n) is 2.24. The molecule has 1 aliphatic rings. The Morgan fingerprint density at radius 1 is 0.944 bits per heavy atom. The van der Waals surface area contributed by atoms with Crippen LogP contribution in [0.5, 0.6) is 0 Å². The van der Waals surface area contributed by atoms with Gasteiger partial charge in [-0.2, -0.15) is 0 Å². The molecule has 3 heteroatoms. The lowest BCUT2D eigenvalue weighted by atomic mass is 9.96. The Morgan fingerprint density at radius 3 is 2.56 bits per heavy atom. The lowest BCUT2D eigenvalue weighted by molar-refractivity contribution is 0.626. The Bertz CT molecular complexity index is 551. The maximum atomic E-state index is 12.8. The van der Waals surface area contributed by atoms with Gasteiger partial charge in [-0.3, -0.25) is 0 Å². The molecule has 0 spiro atoms. The predicted molar refractivity (Wildman–Crippen MR) is 71.4 cm³/mol. The highest BCUT2D eigenvalue weighted by molar-refractivity contribution is 7.99. The topological polar surface area (TPSA) is 12.9 Å². The molecule has 0 saturated carbocycles. The van der Waals surface area contributed by atoms with Crippen molar-refractivity contribution >= 4 is 11.8 Å². The average molecular weight is 259 g/mol. The van der Waals surface area contributed by atoms with Crippen LogP contribution in [-0.2, 0) is 12.8 Å². The summed E-state index contributed by atoms with van der Waals surface area (Å²) < 4.78 is 12.8. The molecular weight excluding hydrogens is 245 g/mol. The molecule has 1 heterocycles. The molecule has 1 nitrogen and oxygen atoms in total. The Hall–Kier alpha value is -1.35. The standard InChI is InChI=1S/C15H14FNS/c16-12-6-8-13(9-7-12)18-15-10-5-11-3-1-2-4-14(11)17-15/h5-10H,1-4H2. The van der Waals surface area contributed by atoms with Crippen LogP contribution in [-0.4, -0.2) is 4.98 Å². The lowest BCUT2D eigenvalue weighted by Gasteiger charge is -2.15. The number of rotatable bonds is 2. The Balaban J connectivity index is 1.82. The summed E-state index contributed by atoms with van der Waals surface area (Å²) >= 11 is 1.59. The number of aryl methyl sites for hydroxylation is 2. The number of halogens is 1. The Labute approximate surface area is 110 Å². The monoisotopic (exact) mass is 259 g/mol. The molecular formula is C15H14FNS. The molecule has 0 fully saturated rings. The molecule has 0 unspecified atom stereocenters. The molecule has 1 aliphatic carbocycles. The number of fused-ring (bicyclic) bond motifs is 1. The zero-order valence-corrected chi connectivity index (χ0v) is 10.8. The van der Waals surface area contributed by atoms with E-state index in [1.807, 2.05) is 0 Å². The van der Waals surface area contributed by atoms with E-state index in [9.17, 15) is 4.39 Å². The first-order valence-electron chi connectivity index (χ1n) is 6.23. The van der Waals surface area contributed by atoms with E-state index in [-0.39, 0.29) is 5.82 Å². The SMILES string of the molecule is Fc1ccc(Sc2ccc3c(n2)CCCC3)cc1. The number of hydrogen-bond acceptors (Lipinski definition) is 2. The zero-order chi connectivity index (χ0) is 12.4. The summed E-state index contributed by atoms with van der Waals surface area (Å²) in [6.45, 7) is 0. The number of benzene rings is 1. The van der Waals surface area contributed by atoms with Gasteiger partial charge in [0.25, 0.3) is 0 Å². The predicted octanol–water partition coefficient (Wildman–Crippen LogP) is 4.25. The summed E-state index contributed by atoms with van der Waals surface area (Å²) in [5.74, 6) is -0.197. The van der Waals surface area contributed by atoms with Crippen LogP contribution in [0.4, 0.5) is 4.39 Å². The van der Waals surface area contributed by atoms with Gasteiger partial charge in [0.15, 0.2) is 0 Å². The minimum absolute atomic E-state index is 0.197. The smallest absolute Gasteiger partial charge is 0.123 e. The van der Waals surface area contributed by atoms with Gasteiger partial charge >= 0.3 is 0 Å². The highest BCUT2D eigenvalue weighted by atomic mass is 32.2. The van der Waals surface area contributed by atoms with Gasteiger partial charge in [0.05, 0.1) is 0 Å². The van der Waals surface area contributed by atoms with E-state index in [1.54, 1.807) is 23.9 Å². The van der Waals surface area contributed by atoms with Crippen molar-refractivity contribution in [2.45, 2.75) is 35.6 Å². The van der Waals surface area contributed by atoms with Crippen molar-refractivity contribution in [3.05, 3.63) is 53.5 Å². The van der Waals surface area contributed by atoms with Crippen LogP contribution in [0.3, 0.4) is 0 Å². The lowest BCUT2D eigenvalue weighted by Crippen LogP contribution is -2.05. The molecule has 92 valence electrons. The molecule has 18 heavy (non-hydrogen) atoms. The summed E-state index contributed by atoms with van der Waals surface area (Å²) in [6.07, 6.45) is 4.76. The van der Waals surface area contributed by atoms with Crippen LogP contribution < -0.4 is 0 Å². The summed E-state index contributed by atoms with van der Waals surface area (Å²) in [6, 6.07) is 10.8. The molecule has 0 saturated heterocycles. The third kappa shape index (κ3) is 2.56. The Morgan fingerprint density at radius 2 is 1.72 bits per heavy atom. The molecule has 0 N–H and O–H groups in total. The van der Waals surface area contributed by atoms with E-state index in [1.165, 1.54) is 36.2 Å². The van der Waals surface area contributed by atoms with E-state index in [0.29, 0.717) is 0 Å². The van der Waals surface area contributed by atoms with Gasteiger partial charge in [-0.25, -0.2) is 9.37 Å². The third-order valence-electron chi connectivity index (χ3n) is 3.19. The fraction of sp³-hybridized carbons (Fsp3) is 0.267. The van der Waals surface area contributed by atoms with Crippen LogP contribution in [0, 0.1) is 5.82 Å². The summed E-state index contributed by atoms with van der Waals surface area (Å²) in [4.78, 5) is 5.73. The molecule has 3 rings (SSSR count). The van der Waals surface area contributed by atoms with Gasteiger partial charge in [-0.05, 0) is 61.6 Å². The van der Waals surface area contributed by atoms with Gasteiger partial charge in [0.1, 0.15) is 10.8 Å². The summed E-state index contributed by atoms with van der Waals surface area (Å²) in [7, 11) is 0. The molecule has 0 atom stereocenters. The summed E-state index contributed by atoms with van der Waals surface area (Å²) in [5, 5.41) is 1.00. The first-order chi connectivity index (χ1) is 8.81. The van der Waals surface area contributed by atoms with Gasteiger partial charge in [-0.15, -0.1) is 0 Å². The maximum absolute atomic E-state index is 12.8. The van der Waals surface area contributed by atoms with Crippen LogP contribution >= 0.6 is 11.8 Å². The largest absolute Gasteiger partial charge is 0.246 e. The number of hydrogen-bond donors (Lipinski definition) is 0. The van der Waals surface area contributed by atoms with Crippen molar-refractivity contribution in [2.75, 3.05) is 0 Å². The van der Waals surface area contributed by atoms with E-state index >= 15 is 0 Å². The van der Waals surface area contributed by atoms with Gasteiger partial charge in [0, 0.05) is 10.6 Å². The van der Waals surface area contributed by atoms with Gasteiger partial charge in [0.2, 0.25) is 0 Å². The first kappa shape index (κ1) is 11.7. The fourth-order valence-corrected chi connectivity index (χ4v) is 3.05. The van der Waals surface area contributed by atoms with Crippen LogP contribution in [0.1, 0.15) is 24.1 Å². The van der Waals surface area contributed by atoms with Gasteiger partial charge < -0.3 is 0 Å².